The molecule has 12 nitrogen and oxygen atoms in total. The minimum Gasteiger partial charge on any atom is -0.479 e. The van der Waals surface area contributed by atoms with E-state index in [1.165, 1.54) is 6.20 Å². The molecule has 4 aromatic rings. The minimum atomic E-state index is -1.04. The number of carbonyl (C=O) groups is 1. The second-order valence-corrected chi connectivity index (χ2v) is 10.4. The van der Waals surface area contributed by atoms with Crippen LogP contribution in [0.3, 0.4) is 0 Å². The van der Waals surface area contributed by atoms with Crippen LogP contribution in [0.15, 0.2) is 47.4 Å². The third-order valence-electron chi connectivity index (χ3n) is 7.66. The molecule has 2 saturated heterocycles. The number of nitrogens with one attached hydrogen (secondary N) is 2. The first-order chi connectivity index (χ1) is 19.4. The van der Waals surface area contributed by atoms with Crippen LogP contribution in [0, 0.1) is 11.3 Å². The van der Waals surface area contributed by atoms with Crippen molar-refractivity contribution >= 4 is 45.1 Å². The maximum Gasteiger partial charge on any atom is 0.332 e. The van der Waals surface area contributed by atoms with E-state index in [1.807, 2.05) is 30.3 Å². The van der Waals surface area contributed by atoms with Crippen molar-refractivity contribution in [2.24, 2.45) is 0 Å². The van der Waals surface area contributed by atoms with E-state index in [9.17, 15) is 20.0 Å². The zero-order valence-corrected chi connectivity index (χ0v) is 22.0. The molecule has 2 fully saturated rings. The highest BCUT2D eigenvalue weighted by Crippen LogP contribution is 2.37. The average molecular weight is 544 g/mol. The van der Waals surface area contributed by atoms with Crippen LogP contribution in [0.1, 0.15) is 26.2 Å². The fourth-order valence-electron chi connectivity index (χ4n) is 5.59. The summed E-state index contributed by atoms with van der Waals surface area (Å²) in [5, 5.41) is 28.3. The molecule has 0 amide bonds. The van der Waals surface area contributed by atoms with Crippen LogP contribution < -0.4 is 15.8 Å². The van der Waals surface area contributed by atoms with Gasteiger partial charge in [0.1, 0.15) is 11.2 Å². The SMILES string of the molecule is CC1CN(c2ccc3cc(Nc4nn(C5(CC#N)CCC(C(=O)O)OC5)c5cc[nH]c(=O)c45)ccc3n2)CCO1. The number of ether oxygens (including phenoxy) is 2. The van der Waals surface area contributed by atoms with Gasteiger partial charge in [-0.1, -0.05) is 0 Å². The van der Waals surface area contributed by atoms with Crippen LogP contribution in [0.2, 0.25) is 0 Å². The van der Waals surface area contributed by atoms with Gasteiger partial charge in [0.2, 0.25) is 0 Å². The number of aromatic amines is 1. The summed E-state index contributed by atoms with van der Waals surface area (Å²) in [6, 6.07) is 13.7. The van der Waals surface area contributed by atoms with Crippen molar-refractivity contribution in [3.05, 3.63) is 52.9 Å². The normalized spacial score (nSPS) is 23.2. The van der Waals surface area contributed by atoms with E-state index in [1.54, 1.807) is 10.7 Å². The Balaban J connectivity index is 1.34. The lowest BCUT2D eigenvalue weighted by Gasteiger charge is -2.38. The van der Waals surface area contributed by atoms with E-state index in [0.29, 0.717) is 29.7 Å². The number of nitriles is 1. The highest BCUT2D eigenvalue weighted by atomic mass is 16.5. The number of nitrogens with zero attached hydrogens (tertiary/aromatic N) is 5. The van der Waals surface area contributed by atoms with E-state index in [2.05, 4.69) is 28.2 Å². The molecule has 12 heteroatoms. The molecular formula is C28H29N7O5. The Labute approximate surface area is 229 Å². The Morgan fingerprint density at radius 2 is 2.17 bits per heavy atom. The van der Waals surface area contributed by atoms with Gasteiger partial charge in [-0.05, 0) is 56.2 Å². The molecule has 0 saturated carbocycles. The molecule has 0 spiro atoms. The predicted octanol–water partition coefficient (Wildman–Crippen LogP) is 3.11. The molecule has 3 N–H and O–H groups in total. The number of H-pyrrole nitrogens is 1. The van der Waals surface area contributed by atoms with Crippen molar-refractivity contribution in [2.45, 2.75) is 43.9 Å². The summed E-state index contributed by atoms with van der Waals surface area (Å²) >= 11 is 0. The quantitative estimate of drug-likeness (QED) is 0.330. The van der Waals surface area contributed by atoms with Crippen molar-refractivity contribution < 1.29 is 19.4 Å². The van der Waals surface area contributed by atoms with Crippen molar-refractivity contribution in [3.8, 4) is 6.07 Å². The highest BCUT2D eigenvalue weighted by molar-refractivity contribution is 5.92. The first-order valence-electron chi connectivity index (χ1n) is 13.2. The molecule has 1 aromatic carbocycles. The number of anilines is 3. The lowest BCUT2D eigenvalue weighted by atomic mass is 9.87. The minimum absolute atomic E-state index is 0.00750. The second kappa shape index (κ2) is 10.3. The third-order valence-corrected chi connectivity index (χ3v) is 7.66. The lowest BCUT2D eigenvalue weighted by molar-refractivity contribution is -0.158. The van der Waals surface area contributed by atoms with E-state index in [-0.39, 0.29) is 31.1 Å². The molecule has 6 rings (SSSR count). The summed E-state index contributed by atoms with van der Waals surface area (Å²) in [5.41, 5.74) is 0.858. The monoisotopic (exact) mass is 543 g/mol. The van der Waals surface area contributed by atoms with Gasteiger partial charge in [0.05, 0.1) is 48.4 Å². The molecule has 5 heterocycles. The molecule has 0 aliphatic carbocycles. The second-order valence-electron chi connectivity index (χ2n) is 10.4. The fourth-order valence-corrected chi connectivity index (χ4v) is 5.59. The fraction of sp³-hybridized carbons (Fsp3) is 0.393. The van der Waals surface area contributed by atoms with Gasteiger partial charge in [-0.15, -0.1) is 0 Å². The van der Waals surface area contributed by atoms with Crippen LogP contribution in [0.4, 0.5) is 17.3 Å². The molecule has 0 bridgehead atoms. The van der Waals surface area contributed by atoms with Crippen molar-refractivity contribution in [1.29, 1.82) is 5.26 Å². The highest BCUT2D eigenvalue weighted by Gasteiger charge is 2.42. The number of morpholine rings is 1. The molecule has 2 aliphatic heterocycles. The van der Waals surface area contributed by atoms with E-state index < -0.39 is 17.6 Å². The number of aromatic nitrogens is 4. The first-order valence-corrected chi connectivity index (χ1v) is 13.2. The zero-order valence-electron chi connectivity index (χ0n) is 22.0. The number of hydrogen-bond acceptors (Lipinski definition) is 9. The smallest absolute Gasteiger partial charge is 0.332 e. The van der Waals surface area contributed by atoms with Gasteiger partial charge in [0, 0.05) is 30.4 Å². The standard InChI is InChI=1S/C28H29N7O5/c1-17-15-34(12-13-39-17)23-5-2-18-14-19(3-4-20(18)32-23)31-25-24-21(7-11-30-26(24)36)35(33-25)28(9-10-29)8-6-22(27(37)38)40-16-28/h2-5,7,11,14,17,22H,6,8-9,12-13,15-16H2,1H3,(H,30,36)(H,31,33)(H,37,38). The van der Waals surface area contributed by atoms with Crippen LogP contribution in [-0.2, 0) is 19.8 Å². The van der Waals surface area contributed by atoms with Gasteiger partial charge < -0.3 is 29.8 Å². The van der Waals surface area contributed by atoms with Crippen LogP contribution in [0.5, 0.6) is 0 Å². The molecule has 2 aliphatic rings. The predicted molar refractivity (Wildman–Crippen MR) is 148 cm³/mol. The Bertz CT molecular complexity index is 1680. The summed E-state index contributed by atoms with van der Waals surface area (Å²) in [4.78, 5) is 34.2. The number of benzene rings is 1. The van der Waals surface area contributed by atoms with Gasteiger partial charge in [0.25, 0.3) is 5.56 Å². The van der Waals surface area contributed by atoms with Crippen LogP contribution in [-0.4, -0.2) is 69.3 Å². The number of hydrogen-bond donors (Lipinski definition) is 3. The lowest BCUT2D eigenvalue weighted by Crippen LogP contribution is -2.46. The molecule has 0 radical (unpaired) electrons. The summed E-state index contributed by atoms with van der Waals surface area (Å²) in [6.07, 6.45) is 1.40. The Morgan fingerprint density at radius 3 is 2.92 bits per heavy atom. The number of rotatable bonds is 6. The van der Waals surface area contributed by atoms with Gasteiger partial charge in [-0.3, -0.25) is 9.48 Å². The zero-order chi connectivity index (χ0) is 27.9. The summed E-state index contributed by atoms with van der Waals surface area (Å²) in [6.45, 7) is 4.30. The maximum absolute atomic E-state index is 13.0. The largest absolute Gasteiger partial charge is 0.479 e. The van der Waals surface area contributed by atoms with Crippen molar-refractivity contribution in [1.82, 2.24) is 19.7 Å². The van der Waals surface area contributed by atoms with Gasteiger partial charge >= 0.3 is 5.97 Å². The molecular weight excluding hydrogens is 514 g/mol. The topological polar surface area (TPSA) is 158 Å². The van der Waals surface area contributed by atoms with E-state index in [4.69, 9.17) is 19.6 Å². The van der Waals surface area contributed by atoms with Crippen molar-refractivity contribution in [2.75, 3.05) is 36.5 Å². The van der Waals surface area contributed by atoms with Gasteiger partial charge in [-0.25, -0.2) is 9.78 Å². The average Bonchev–Trinajstić information content (AvgIpc) is 3.33. The number of fused-ring (bicyclic) bond motifs is 2. The Morgan fingerprint density at radius 1 is 1.30 bits per heavy atom. The van der Waals surface area contributed by atoms with Crippen molar-refractivity contribution in [3.63, 3.8) is 0 Å². The Kier molecular flexibility index (Phi) is 6.61. The molecule has 3 atom stereocenters. The molecule has 206 valence electrons. The summed E-state index contributed by atoms with van der Waals surface area (Å²) in [7, 11) is 0. The maximum atomic E-state index is 13.0. The molecule has 3 aromatic heterocycles. The number of carboxylic acid groups (broad SMARTS) is 1. The Hall–Kier alpha value is -4.47. The summed E-state index contributed by atoms with van der Waals surface area (Å²) in [5.74, 6) is 0.204. The third kappa shape index (κ3) is 4.63. The van der Waals surface area contributed by atoms with Crippen LogP contribution >= 0.6 is 0 Å². The molecule has 3 unspecified atom stereocenters. The van der Waals surface area contributed by atoms with Gasteiger partial charge in [0.15, 0.2) is 11.9 Å². The number of aliphatic carboxylic acids is 1. The summed E-state index contributed by atoms with van der Waals surface area (Å²) < 4.78 is 12.9. The molecule has 40 heavy (non-hydrogen) atoms. The number of pyridine rings is 2. The van der Waals surface area contributed by atoms with Crippen LogP contribution in [0.25, 0.3) is 21.8 Å². The van der Waals surface area contributed by atoms with E-state index in [0.717, 1.165) is 35.5 Å². The first kappa shape index (κ1) is 25.8. The van der Waals surface area contributed by atoms with E-state index >= 15 is 0 Å². The number of carboxylic acids is 1. The van der Waals surface area contributed by atoms with Gasteiger partial charge in [-0.2, -0.15) is 10.4 Å².